The number of carboxylic acid groups (broad SMARTS) is 1. The molecule has 4 nitrogen and oxygen atoms in total. The van der Waals surface area contributed by atoms with Crippen molar-refractivity contribution >= 4 is 23.3 Å². The highest BCUT2D eigenvalue weighted by Gasteiger charge is 2.09. The van der Waals surface area contributed by atoms with Gasteiger partial charge in [0.05, 0.1) is 0 Å². The zero-order valence-electron chi connectivity index (χ0n) is 8.19. The first-order valence-electron chi connectivity index (χ1n) is 4.56. The standard InChI is InChI=1S/C10H13ClN2O2/c11-8-1-3-9(4-2-8)13(6-5-12)7-10(14)15/h1-4H,5-7,12H2,(H,14,15). The maximum atomic E-state index is 10.6. The summed E-state index contributed by atoms with van der Waals surface area (Å²) >= 11 is 5.74. The van der Waals surface area contributed by atoms with Crippen LogP contribution < -0.4 is 10.6 Å². The van der Waals surface area contributed by atoms with E-state index in [0.29, 0.717) is 18.1 Å². The fraction of sp³-hybridized carbons (Fsp3) is 0.300. The van der Waals surface area contributed by atoms with Crippen molar-refractivity contribution in [2.24, 2.45) is 5.73 Å². The number of hydrogen-bond acceptors (Lipinski definition) is 3. The monoisotopic (exact) mass is 228 g/mol. The summed E-state index contributed by atoms with van der Waals surface area (Å²) in [5.74, 6) is -0.876. The van der Waals surface area contributed by atoms with Crippen molar-refractivity contribution < 1.29 is 9.90 Å². The quantitative estimate of drug-likeness (QED) is 0.795. The van der Waals surface area contributed by atoms with E-state index >= 15 is 0 Å². The molecule has 0 spiro atoms. The molecule has 3 N–H and O–H groups in total. The number of halogens is 1. The highest BCUT2D eigenvalue weighted by Crippen LogP contribution is 2.17. The van der Waals surface area contributed by atoms with Crippen molar-refractivity contribution in [1.82, 2.24) is 0 Å². The third kappa shape index (κ3) is 3.77. The van der Waals surface area contributed by atoms with Gasteiger partial charge in [0.2, 0.25) is 0 Å². The minimum Gasteiger partial charge on any atom is -0.480 e. The Hall–Kier alpha value is -1.26. The van der Waals surface area contributed by atoms with Crippen molar-refractivity contribution in [1.29, 1.82) is 0 Å². The normalized spacial score (nSPS) is 10.0. The summed E-state index contributed by atoms with van der Waals surface area (Å²) in [6.45, 7) is 0.864. The Kier molecular flexibility index (Phi) is 4.39. The summed E-state index contributed by atoms with van der Waals surface area (Å²) < 4.78 is 0. The van der Waals surface area contributed by atoms with E-state index in [1.54, 1.807) is 29.2 Å². The Bertz CT molecular complexity index is 327. The molecule has 0 unspecified atom stereocenters. The lowest BCUT2D eigenvalue weighted by atomic mass is 10.3. The fourth-order valence-electron chi connectivity index (χ4n) is 1.27. The van der Waals surface area contributed by atoms with Gasteiger partial charge in [-0.1, -0.05) is 11.6 Å². The second-order valence-corrected chi connectivity index (χ2v) is 3.52. The number of carboxylic acids is 1. The third-order valence-electron chi connectivity index (χ3n) is 1.92. The molecule has 0 amide bonds. The van der Waals surface area contributed by atoms with Gasteiger partial charge in [0.1, 0.15) is 6.54 Å². The maximum Gasteiger partial charge on any atom is 0.323 e. The number of aliphatic carboxylic acids is 1. The lowest BCUT2D eigenvalue weighted by molar-refractivity contribution is -0.135. The summed E-state index contributed by atoms with van der Waals surface area (Å²) in [7, 11) is 0. The van der Waals surface area contributed by atoms with Crippen LogP contribution in [-0.2, 0) is 4.79 Å². The van der Waals surface area contributed by atoms with E-state index < -0.39 is 5.97 Å². The van der Waals surface area contributed by atoms with Crippen LogP contribution in [0.1, 0.15) is 0 Å². The molecule has 1 aromatic rings. The predicted octanol–water partition coefficient (Wildman–Crippen LogP) is 1.19. The molecule has 1 rings (SSSR count). The van der Waals surface area contributed by atoms with Crippen LogP contribution in [0.4, 0.5) is 5.69 Å². The second-order valence-electron chi connectivity index (χ2n) is 3.08. The minimum atomic E-state index is -0.876. The van der Waals surface area contributed by atoms with Gasteiger partial charge in [0, 0.05) is 23.8 Å². The molecule has 0 aliphatic rings. The van der Waals surface area contributed by atoms with Crippen molar-refractivity contribution in [2.45, 2.75) is 0 Å². The molecule has 15 heavy (non-hydrogen) atoms. The van der Waals surface area contributed by atoms with Crippen molar-refractivity contribution in [2.75, 3.05) is 24.5 Å². The molecular formula is C10H13ClN2O2. The van der Waals surface area contributed by atoms with E-state index in [-0.39, 0.29) is 6.54 Å². The highest BCUT2D eigenvalue weighted by molar-refractivity contribution is 6.30. The molecule has 0 saturated heterocycles. The maximum absolute atomic E-state index is 10.6. The highest BCUT2D eigenvalue weighted by atomic mass is 35.5. The Labute approximate surface area is 93.2 Å². The fourth-order valence-corrected chi connectivity index (χ4v) is 1.40. The van der Waals surface area contributed by atoms with Crippen molar-refractivity contribution in [3.8, 4) is 0 Å². The largest absolute Gasteiger partial charge is 0.480 e. The molecule has 0 saturated carbocycles. The van der Waals surface area contributed by atoms with Gasteiger partial charge >= 0.3 is 5.97 Å². The van der Waals surface area contributed by atoms with Gasteiger partial charge < -0.3 is 15.7 Å². The number of nitrogens with zero attached hydrogens (tertiary/aromatic N) is 1. The lowest BCUT2D eigenvalue weighted by Gasteiger charge is -2.21. The number of nitrogens with two attached hydrogens (primary N) is 1. The van der Waals surface area contributed by atoms with Gasteiger partial charge in [0.25, 0.3) is 0 Å². The Morgan fingerprint density at radius 3 is 2.47 bits per heavy atom. The predicted molar refractivity (Wildman–Crippen MR) is 60.4 cm³/mol. The summed E-state index contributed by atoms with van der Waals surface area (Å²) in [6.07, 6.45) is 0. The van der Waals surface area contributed by atoms with Gasteiger partial charge in [-0.15, -0.1) is 0 Å². The summed E-state index contributed by atoms with van der Waals surface area (Å²) in [5.41, 5.74) is 6.22. The number of anilines is 1. The van der Waals surface area contributed by atoms with E-state index in [1.807, 2.05) is 0 Å². The van der Waals surface area contributed by atoms with E-state index in [9.17, 15) is 4.79 Å². The van der Waals surface area contributed by atoms with E-state index in [2.05, 4.69) is 0 Å². The van der Waals surface area contributed by atoms with Crippen LogP contribution in [0.5, 0.6) is 0 Å². The van der Waals surface area contributed by atoms with Crippen LogP contribution in [0, 0.1) is 0 Å². The van der Waals surface area contributed by atoms with Gasteiger partial charge in [-0.05, 0) is 24.3 Å². The minimum absolute atomic E-state index is 0.0567. The topological polar surface area (TPSA) is 66.6 Å². The molecule has 0 aliphatic heterocycles. The molecule has 0 aliphatic carbocycles. The number of benzene rings is 1. The van der Waals surface area contributed by atoms with Gasteiger partial charge in [-0.25, -0.2) is 0 Å². The number of rotatable bonds is 5. The molecule has 0 bridgehead atoms. The average Bonchev–Trinajstić information content (AvgIpc) is 2.17. The van der Waals surface area contributed by atoms with Crippen LogP contribution in [0.15, 0.2) is 24.3 Å². The van der Waals surface area contributed by atoms with E-state index in [0.717, 1.165) is 5.69 Å². The van der Waals surface area contributed by atoms with E-state index in [1.165, 1.54) is 0 Å². The zero-order valence-corrected chi connectivity index (χ0v) is 8.94. The summed E-state index contributed by atoms with van der Waals surface area (Å²) in [4.78, 5) is 12.3. The number of hydrogen-bond donors (Lipinski definition) is 2. The molecule has 5 heteroatoms. The van der Waals surface area contributed by atoms with Gasteiger partial charge in [0.15, 0.2) is 0 Å². The number of carbonyl (C=O) groups is 1. The third-order valence-corrected chi connectivity index (χ3v) is 2.17. The second kappa shape index (κ2) is 5.58. The molecular weight excluding hydrogens is 216 g/mol. The van der Waals surface area contributed by atoms with Crippen LogP contribution in [0.3, 0.4) is 0 Å². The van der Waals surface area contributed by atoms with Crippen LogP contribution in [0.25, 0.3) is 0 Å². The zero-order chi connectivity index (χ0) is 11.3. The molecule has 82 valence electrons. The first-order chi connectivity index (χ1) is 7.13. The molecule has 0 radical (unpaired) electrons. The first-order valence-corrected chi connectivity index (χ1v) is 4.93. The molecule has 0 heterocycles. The SMILES string of the molecule is NCCN(CC(=O)O)c1ccc(Cl)cc1. The van der Waals surface area contributed by atoms with Crippen LogP contribution >= 0.6 is 11.6 Å². The van der Waals surface area contributed by atoms with Gasteiger partial charge in [-0.2, -0.15) is 0 Å². The van der Waals surface area contributed by atoms with Crippen LogP contribution in [-0.4, -0.2) is 30.7 Å². The molecule has 1 aromatic carbocycles. The Morgan fingerprint density at radius 1 is 1.40 bits per heavy atom. The average molecular weight is 229 g/mol. The Morgan fingerprint density at radius 2 is 2.00 bits per heavy atom. The van der Waals surface area contributed by atoms with Gasteiger partial charge in [-0.3, -0.25) is 4.79 Å². The summed E-state index contributed by atoms with van der Waals surface area (Å²) in [6, 6.07) is 7.01. The lowest BCUT2D eigenvalue weighted by Crippen LogP contribution is -2.34. The molecule has 0 fully saturated rings. The molecule has 0 aromatic heterocycles. The van der Waals surface area contributed by atoms with Crippen LogP contribution in [0.2, 0.25) is 5.02 Å². The van der Waals surface area contributed by atoms with Crippen molar-refractivity contribution in [3.63, 3.8) is 0 Å². The van der Waals surface area contributed by atoms with Crippen molar-refractivity contribution in [3.05, 3.63) is 29.3 Å². The van der Waals surface area contributed by atoms with E-state index in [4.69, 9.17) is 22.4 Å². The molecule has 0 atom stereocenters. The smallest absolute Gasteiger partial charge is 0.323 e. The Balaban J connectivity index is 2.78. The summed E-state index contributed by atoms with van der Waals surface area (Å²) in [5, 5.41) is 9.34. The first kappa shape index (κ1) is 11.8.